The minimum atomic E-state index is -0.384. The molecule has 1 N–H and O–H groups in total. The molecule has 13 heteroatoms. The summed E-state index contributed by atoms with van der Waals surface area (Å²) in [5.74, 6) is 0.775. The van der Waals surface area contributed by atoms with Gasteiger partial charge in [-0.15, -0.1) is 0 Å². The molecule has 0 saturated heterocycles. The number of fused-ring (bicyclic) bond motifs is 1. The molecule has 4 rings (SSSR count). The Kier molecular flexibility index (Phi) is 7.68. The molecule has 2 aromatic heterocycles. The van der Waals surface area contributed by atoms with Gasteiger partial charge in [0, 0.05) is 61.1 Å². The number of para-hydroxylation sites is 1. The third-order valence-electron chi connectivity index (χ3n) is 6.40. The first kappa shape index (κ1) is 27.1. The molecule has 0 fully saturated rings. The summed E-state index contributed by atoms with van der Waals surface area (Å²) in [6.07, 6.45) is 3.79. The van der Waals surface area contributed by atoms with Crippen molar-refractivity contribution < 1.29 is 9.66 Å². The molecule has 0 atom stereocenters. The van der Waals surface area contributed by atoms with Crippen molar-refractivity contribution in [3.8, 4) is 17.0 Å². The van der Waals surface area contributed by atoms with Crippen LogP contribution < -0.4 is 15.0 Å². The number of methoxy groups -OCH3 is 1. The molecule has 0 aliphatic heterocycles. The normalized spacial score (nSPS) is 11.6. The van der Waals surface area contributed by atoms with Gasteiger partial charge in [0.05, 0.1) is 23.4 Å². The predicted molar refractivity (Wildman–Crippen MR) is 161 cm³/mol. The largest absolute Gasteiger partial charge is 0.494 e. The lowest BCUT2D eigenvalue weighted by atomic mass is 9.49. The highest BCUT2D eigenvalue weighted by Gasteiger charge is 2.23. The molecular weight excluding hydrogens is 479 g/mol. The van der Waals surface area contributed by atoms with Gasteiger partial charge in [0.15, 0.2) is 0 Å². The Morgan fingerprint density at radius 3 is 2.53 bits per heavy atom. The van der Waals surface area contributed by atoms with Gasteiger partial charge in [0.2, 0.25) is 5.95 Å². The van der Waals surface area contributed by atoms with Crippen molar-refractivity contribution in [1.82, 2.24) is 19.4 Å². The summed E-state index contributed by atoms with van der Waals surface area (Å²) in [6, 6.07) is 13.2. The predicted octanol–water partition coefficient (Wildman–Crippen LogP) is 1.22. The number of nitrogens with one attached hydrogen (secondary N) is 1. The average molecular weight is 511 g/mol. The number of ether oxygens (including phenoxy) is 1. The van der Waals surface area contributed by atoms with Crippen LogP contribution in [0.1, 0.15) is 0 Å². The second kappa shape index (κ2) is 10.8. The molecule has 0 unspecified atom stereocenters. The molecule has 2 heterocycles. The van der Waals surface area contributed by atoms with E-state index in [1.165, 1.54) is 13.2 Å². The quantitative estimate of drug-likeness (QED) is 0.193. The van der Waals surface area contributed by atoms with Gasteiger partial charge < -0.3 is 24.4 Å². The number of benzene rings is 2. The molecule has 0 amide bonds. The van der Waals surface area contributed by atoms with Gasteiger partial charge in [-0.25, -0.2) is 9.97 Å². The summed E-state index contributed by atoms with van der Waals surface area (Å²) >= 11 is 0. The van der Waals surface area contributed by atoms with Crippen LogP contribution >= 0.6 is 0 Å². The maximum Gasteiger partial charge on any atom is 0.294 e. The summed E-state index contributed by atoms with van der Waals surface area (Å²) < 4.78 is 7.84. The summed E-state index contributed by atoms with van der Waals surface area (Å²) in [5, 5.41) is 16.1. The van der Waals surface area contributed by atoms with Crippen molar-refractivity contribution >= 4 is 57.5 Å². The van der Waals surface area contributed by atoms with Crippen molar-refractivity contribution in [2.24, 2.45) is 0 Å². The van der Waals surface area contributed by atoms with Crippen LogP contribution in [0.2, 0.25) is 0 Å². The van der Waals surface area contributed by atoms with E-state index in [1.807, 2.05) is 49.1 Å². The standard InChI is InChI=1S/C25H32B3N7O3/c1-32(2)11-12-33(3)21-14-23(38-4)19(13-22(21)35(36)37)31-24-29-10-9-18(30-24)17-15-34(25(26,27)28)20-8-6-5-7-16(17)20/h5-10,13-15H,11-12,26-28H2,1-4H3,(H,29,30,31). The first-order valence-corrected chi connectivity index (χ1v) is 12.4. The van der Waals surface area contributed by atoms with Gasteiger partial charge in [-0.2, -0.15) is 0 Å². The number of nitrogens with zero attached hydrogens (tertiary/aromatic N) is 6. The monoisotopic (exact) mass is 511 g/mol. The van der Waals surface area contributed by atoms with Gasteiger partial charge in [0.1, 0.15) is 35.0 Å². The number of likely N-dealkylation sites (N-methyl/N-ethyl adjacent to an activating group) is 2. The molecule has 4 aromatic rings. The summed E-state index contributed by atoms with van der Waals surface area (Å²) in [7, 11) is 13.8. The van der Waals surface area contributed by atoms with E-state index in [-0.39, 0.29) is 15.8 Å². The van der Waals surface area contributed by atoms with Crippen LogP contribution in [0.25, 0.3) is 22.2 Å². The number of anilines is 3. The summed E-state index contributed by atoms with van der Waals surface area (Å²) in [6.45, 7) is 1.37. The van der Waals surface area contributed by atoms with Crippen molar-refractivity contribution in [2.45, 2.75) is 5.24 Å². The zero-order valence-corrected chi connectivity index (χ0v) is 23.0. The van der Waals surface area contributed by atoms with Crippen LogP contribution in [0.15, 0.2) is 54.9 Å². The second-order valence-electron chi connectivity index (χ2n) is 10.5. The number of aromatic nitrogens is 3. The van der Waals surface area contributed by atoms with Crippen molar-refractivity contribution in [3.63, 3.8) is 0 Å². The van der Waals surface area contributed by atoms with Gasteiger partial charge in [-0.3, -0.25) is 10.1 Å². The van der Waals surface area contributed by atoms with E-state index in [9.17, 15) is 10.1 Å². The zero-order chi connectivity index (χ0) is 27.6. The van der Waals surface area contributed by atoms with E-state index in [0.29, 0.717) is 29.6 Å². The van der Waals surface area contributed by atoms with Gasteiger partial charge >= 0.3 is 0 Å². The van der Waals surface area contributed by atoms with E-state index in [4.69, 9.17) is 9.72 Å². The molecule has 0 aliphatic rings. The number of hydrogen-bond donors (Lipinski definition) is 1. The summed E-state index contributed by atoms with van der Waals surface area (Å²) in [4.78, 5) is 24.6. The Bertz CT molecular complexity index is 1470. The number of nitro benzene ring substituents is 1. The van der Waals surface area contributed by atoms with Crippen LogP contribution in [-0.4, -0.2) is 89.2 Å². The number of nitro groups is 1. The van der Waals surface area contributed by atoms with Crippen LogP contribution in [0, 0.1) is 10.1 Å². The van der Waals surface area contributed by atoms with Gasteiger partial charge in [-0.1, -0.05) is 18.2 Å². The highest BCUT2D eigenvalue weighted by molar-refractivity contribution is 6.57. The van der Waals surface area contributed by atoms with Gasteiger partial charge in [0.25, 0.3) is 5.69 Å². The third kappa shape index (κ3) is 5.62. The van der Waals surface area contributed by atoms with E-state index >= 15 is 0 Å². The van der Waals surface area contributed by atoms with E-state index < -0.39 is 0 Å². The highest BCUT2D eigenvalue weighted by Crippen LogP contribution is 2.39. The SMILES string of the molecule is BC(B)(B)n1cc(-c2ccnc(Nc3cc([N+](=O)[O-])c(N(C)CCN(C)C)cc3OC)n2)c2ccccc21. The molecule has 194 valence electrons. The van der Waals surface area contributed by atoms with Crippen molar-refractivity contribution in [3.05, 3.63) is 65.0 Å². The Hall–Kier alpha value is -3.99. The molecule has 0 spiro atoms. The lowest BCUT2D eigenvalue weighted by molar-refractivity contribution is -0.384. The first-order valence-electron chi connectivity index (χ1n) is 12.4. The first-order chi connectivity index (χ1) is 18.0. The van der Waals surface area contributed by atoms with Crippen molar-refractivity contribution in [2.75, 3.05) is 51.6 Å². The number of rotatable bonds is 10. The number of hydrogen-bond acceptors (Lipinski definition) is 8. The molecule has 0 bridgehead atoms. The van der Waals surface area contributed by atoms with E-state index in [2.05, 4.69) is 56.7 Å². The molecule has 10 nitrogen and oxygen atoms in total. The Labute approximate surface area is 225 Å². The van der Waals surface area contributed by atoms with Gasteiger partial charge in [-0.05, 0) is 31.5 Å². The van der Waals surface area contributed by atoms with Crippen molar-refractivity contribution in [1.29, 1.82) is 0 Å². The summed E-state index contributed by atoms with van der Waals surface area (Å²) in [5.41, 5.74) is 3.71. The zero-order valence-electron chi connectivity index (χ0n) is 23.0. The van der Waals surface area contributed by atoms with Crippen LogP contribution in [0.5, 0.6) is 5.75 Å². The molecular formula is C25H32B3N7O3. The molecule has 0 saturated carbocycles. The maximum atomic E-state index is 12.0. The Morgan fingerprint density at radius 1 is 1.13 bits per heavy atom. The fraction of sp³-hybridized carbons (Fsp3) is 0.280. The highest BCUT2D eigenvalue weighted by atomic mass is 16.6. The fourth-order valence-corrected chi connectivity index (χ4v) is 4.37. The minimum Gasteiger partial charge on any atom is -0.494 e. The molecule has 0 aliphatic carbocycles. The lowest BCUT2D eigenvalue weighted by Crippen LogP contribution is -2.34. The third-order valence-corrected chi connectivity index (χ3v) is 6.40. The Morgan fingerprint density at radius 2 is 1.87 bits per heavy atom. The topological polar surface area (TPSA) is 102 Å². The smallest absolute Gasteiger partial charge is 0.294 e. The minimum absolute atomic E-state index is 0.0287. The molecule has 0 radical (unpaired) electrons. The lowest BCUT2D eigenvalue weighted by Gasteiger charge is -2.23. The van der Waals surface area contributed by atoms with E-state index in [0.717, 1.165) is 28.7 Å². The second-order valence-corrected chi connectivity index (χ2v) is 10.5. The molecule has 2 aromatic carbocycles. The maximum absolute atomic E-state index is 12.0. The van der Waals surface area contributed by atoms with Crippen LogP contribution in [-0.2, 0) is 5.24 Å². The van der Waals surface area contributed by atoms with E-state index in [1.54, 1.807) is 12.3 Å². The fourth-order valence-electron chi connectivity index (χ4n) is 4.37. The average Bonchev–Trinajstić information content (AvgIpc) is 3.27. The Balaban J connectivity index is 1.73. The van der Waals surface area contributed by atoms with Crippen LogP contribution in [0.4, 0.5) is 23.0 Å². The molecule has 38 heavy (non-hydrogen) atoms. The van der Waals surface area contributed by atoms with Crippen LogP contribution in [0.3, 0.4) is 0 Å².